The van der Waals surface area contributed by atoms with Gasteiger partial charge in [0.15, 0.2) is 0 Å². The highest BCUT2D eigenvalue weighted by Crippen LogP contribution is 2.23. The first kappa shape index (κ1) is 25.1. The van der Waals surface area contributed by atoms with E-state index in [2.05, 4.69) is 23.7 Å². The molecule has 2 rings (SSSR count). The first-order valence-electron chi connectivity index (χ1n) is 11.3. The summed E-state index contributed by atoms with van der Waals surface area (Å²) in [5.41, 5.74) is 1.99. The summed E-state index contributed by atoms with van der Waals surface area (Å²) < 4.78 is 16.5. The summed E-state index contributed by atoms with van der Waals surface area (Å²) in [6, 6.07) is 15.2. The zero-order valence-corrected chi connectivity index (χ0v) is 19.2. The molecule has 2 aromatic carbocycles. The van der Waals surface area contributed by atoms with Crippen molar-refractivity contribution in [3.63, 3.8) is 0 Å². The first-order chi connectivity index (χ1) is 15.6. The molecule has 0 saturated carbocycles. The van der Waals surface area contributed by atoms with E-state index in [0.717, 1.165) is 68.0 Å². The molecule has 0 aliphatic carbocycles. The maximum Gasteiger partial charge on any atom is 0.333 e. The number of carbonyl (C=O) groups is 1. The van der Waals surface area contributed by atoms with Crippen LogP contribution in [0, 0.1) is 0 Å². The monoisotopic (exact) mass is 438 g/mol. The van der Waals surface area contributed by atoms with Gasteiger partial charge in [0.1, 0.15) is 11.5 Å². The topological polar surface area (TPSA) is 69.5 Å². The Morgan fingerprint density at radius 1 is 0.750 bits per heavy atom. The Morgan fingerprint density at radius 3 is 1.69 bits per heavy atom. The molecule has 32 heavy (non-hydrogen) atoms. The fraction of sp³-hybridized carbons (Fsp3) is 0.423. The molecule has 0 N–H and O–H groups in total. The van der Waals surface area contributed by atoms with E-state index in [1.165, 1.54) is 0 Å². The van der Waals surface area contributed by atoms with Crippen LogP contribution >= 0.6 is 0 Å². The van der Waals surface area contributed by atoms with Gasteiger partial charge >= 0.3 is 5.97 Å². The lowest BCUT2D eigenvalue weighted by Crippen LogP contribution is -2.06. The zero-order chi connectivity index (χ0) is 23.0. The third kappa shape index (κ3) is 10.2. The lowest BCUT2D eigenvalue weighted by molar-refractivity contribution is -0.139. The van der Waals surface area contributed by atoms with Gasteiger partial charge in [-0.15, -0.1) is 0 Å². The molecule has 0 amide bonds. The maximum atomic E-state index is 11.3. The van der Waals surface area contributed by atoms with Crippen LogP contribution < -0.4 is 9.47 Å². The van der Waals surface area contributed by atoms with Crippen molar-refractivity contribution in [2.75, 3.05) is 19.8 Å². The predicted molar refractivity (Wildman–Crippen MR) is 127 cm³/mol. The molecular weight excluding hydrogens is 404 g/mol. The summed E-state index contributed by atoms with van der Waals surface area (Å²) in [6.45, 7) is 9.18. The van der Waals surface area contributed by atoms with Gasteiger partial charge in [-0.05, 0) is 87.6 Å². The molecule has 0 spiro atoms. The highest BCUT2D eigenvalue weighted by Gasteiger charge is 2.02. The molecule has 0 atom stereocenters. The van der Waals surface area contributed by atoms with Crippen molar-refractivity contribution in [3.05, 3.63) is 60.7 Å². The Hall–Kier alpha value is -3.15. The molecule has 0 aliphatic heterocycles. The average Bonchev–Trinajstić information content (AvgIpc) is 2.81. The summed E-state index contributed by atoms with van der Waals surface area (Å²) in [6.07, 6.45) is 6.00. The molecule has 0 aliphatic rings. The number of ether oxygens (including phenoxy) is 3. The molecule has 0 radical (unpaired) electrons. The third-order valence-electron chi connectivity index (χ3n) is 4.61. The molecule has 0 bridgehead atoms. The third-order valence-corrected chi connectivity index (χ3v) is 4.61. The van der Waals surface area contributed by atoms with Gasteiger partial charge in [-0.1, -0.05) is 19.9 Å². The standard InChI is InChI=1S/C26H34N2O4/c1-4-5-18-30-24-14-10-22(11-15-24)27-28-23-12-16-25(17-13-23)31-19-8-6-7-9-20-32-26(29)21(2)3/h10-17H,2,4-9,18-20H2,1,3H3. The van der Waals surface area contributed by atoms with Gasteiger partial charge in [0, 0.05) is 5.57 Å². The number of hydrogen-bond acceptors (Lipinski definition) is 6. The van der Waals surface area contributed by atoms with Crippen LogP contribution in [0.3, 0.4) is 0 Å². The lowest BCUT2D eigenvalue weighted by Gasteiger charge is -2.07. The summed E-state index contributed by atoms with van der Waals surface area (Å²) in [5.74, 6) is 1.35. The normalized spacial score (nSPS) is 10.8. The lowest BCUT2D eigenvalue weighted by atomic mass is 10.2. The van der Waals surface area contributed by atoms with E-state index < -0.39 is 0 Å². The predicted octanol–water partition coefficient (Wildman–Crippen LogP) is 7.34. The van der Waals surface area contributed by atoms with Crippen LogP contribution in [0.5, 0.6) is 11.5 Å². The van der Waals surface area contributed by atoms with Gasteiger partial charge in [0.2, 0.25) is 0 Å². The number of rotatable bonds is 15. The van der Waals surface area contributed by atoms with Crippen molar-refractivity contribution < 1.29 is 19.0 Å². The number of carbonyl (C=O) groups excluding carboxylic acids is 1. The van der Waals surface area contributed by atoms with Crippen molar-refractivity contribution in [3.8, 4) is 11.5 Å². The largest absolute Gasteiger partial charge is 0.494 e. The molecular formula is C26H34N2O4. The van der Waals surface area contributed by atoms with Gasteiger partial charge in [-0.25, -0.2) is 4.79 Å². The quantitative estimate of drug-likeness (QED) is 0.126. The fourth-order valence-corrected chi connectivity index (χ4v) is 2.70. The number of benzene rings is 2. The van der Waals surface area contributed by atoms with Crippen LogP contribution in [0.1, 0.15) is 52.4 Å². The highest BCUT2D eigenvalue weighted by molar-refractivity contribution is 5.86. The van der Waals surface area contributed by atoms with Crippen LogP contribution in [0.2, 0.25) is 0 Å². The number of unbranched alkanes of at least 4 members (excludes halogenated alkanes) is 4. The first-order valence-corrected chi connectivity index (χ1v) is 11.3. The Balaban J connectivity index is 1.62. The number of nitrogens with zero attached hydrogens (tertiary/aromatic N) is 2. The number of azo groups is 1. The minimum Gasteiger partial charge on any atom is -0.494 e. The summed E-state index contributed by atoms with van der Waals surface area (Å²) in [4.78, 5) is 11.3. The summed E-state index contributed by atoms with van der Waals surface area (Å²) in [5, 5.41) is 8.54. The Morgan fingerprint density at radius 2 is 1.22 bits per heavy atom. The molecule has 0 saturated heterocycles. The van der Waals surface area contributed by atoms with Crippen LogP contribution in [-0.2, 0) is 9.53 Å². The highest BCUT2D eigenvalue weighted by atomic mass is 16.5. The minimum absolute atomic E-state index is 0.318. The van der Waals surface area contributed by atoms with E-state index in [1.54, 1.807) is 6.92 Å². The van der Waals surface area contributed by atoms with Crippen LogP contribution in [0.15, 0.2) is 70.9 Å². The average molecular weight is 439 g/mol. The Kier molecular flexibility index (Phi) is 11.6. The molecule has 0 aromatic heterocycles. The molecule has 0 heterocycles. The van der Waals surface area contributed by atoms with Crippen molar-refractivity contribution in [1.82, 2.24) is 0 Å². The van der Waals surface area contributed by atoms with Gasteiger partial charge in [0.05, 0.1) is 31.2 Å². The van der Waals surface area contributed by atoms with E-state index in [4.69, 9.17) is 14.2 Å². The van der Waals surface area contributed by atoms with E-state index >= 15 is 0 Å². The Bertz CT molecular complexity index is 845. The second kappa shape index (κ2) is 14.8. The molecule has 6 nitrogen and oxygen atoms in total. The number of hydrogen-bond donors (Lipinski definition) is 0. The smallest absolute Gasteiger partial charge is 0.333 e. The number of esters is 1. The molecule has 2 aromatic rings. The Labute approximate surface area is 191 Å². The van der Waals surface area contributed by atoms with Gasteiger partial charge in [0.25, 0.3) is 0 Å². The maximum absolute atomic E-state index is 11.3. The van der Waals surface area contributed by atoms with Crippen LogP contribution in [-0.4, -0.2) is 25.8 Å². The van der Waals surface area contributed by atoms with Crippen molar-refractivity contribution >= 4 is 17.3 Å². The molecule has 172 valence electrons. The van der Waals surface area contributed by atoms with Gasteiger partial charge < -0.3 is 14.2 Å². The van der Waals surface area contributed by atoms with E-state index in [0.29, 0.717) is 18.8 Å². The van der Waals surface area contributed by atoms with Crippen LogP contribution in [0.25, 0.3) is 0 Å². The SMILES string of the molecule is C=C(C)C(=O)OCCCCCCOc1ccc(N=Nc2ccc(OCCCC)cc2)cc1. The minimum atomic E-state index is -0.318. The van der Waals surface area contributed by atoms with E-state index in [9.17, 15) is 4.79 Å². The van der Waals surface area contributed by atoms with Gasteiger partial charge in [-0.2, -0.15) is 10.2 Å². The summed E-state index contributed by atoms with van der Waals surface area (Å²) >= 11 is 0. The summed E-state index contributed by atoms with van der Waals surface area (Å²) in [7, 11) is 0. The fourth-order valence-electron chi connectivity index (χ4n) is 2.70. The van der Waals surface area contributed by atoms with Gasteiger partial charge in [-0.3, -0.25) is 0 Å². The second-order valence-electron chi connectivity index (χ2n) is 7.57. The molecule has 6 heteroatoms. The van der Waals surface area contributed by atoms with E-state index in [-0.39, 0.29) is 5.97 Å². The second-order valence-corrected chi connectivity index (χ2v) is 7.57. The zero-order valence-electron chi connectivity index (χ0n) is 19.2. The van der Waals surface area contributed by atoms with Crippen molar-refractivity contribution in [2.45, 2.75) is 52.4 Å². The van der Waals surface area contributed by atoms with Crippen molar-refractivity contribution in [1.29, 1.82) is 0 Å². The van der Waals surface area contributed by atoms with E-state index in [1.807, 2.05) is 48.5 Å². The molecule has 0 fully saturated rings. The molecule has 0 unspecified atom stereocenters. The van der Waals surface area contributed by atoms with Crippen LogP contribution in [0.4, 0.5) is 11.4 Å². The van der Waals surface area contributed by atoms with Crippen molar-refractivity contribution in [2.24, 2.45) is 10.2 Å².